The zero-order chi connectivity index (χ0) is 25.1. The summed E-state index contributed by atoms with van der Waals surface area (Å²) in [5.41, 5.74) is 7.63. The van der Waals surface area contributed by atoms with Crippen molar-refractivity contribution in [1.29, 1.82) is 0 Å². The highest BCUT2D eigenvalue weighted by Crippen LogP contribution is 2.41. The number of nitrogens with zero attached hydrogens (tertiary/aromatic N) is 4. The van der Waals surface area contributed by atoms with Crippen molar-refractivity contribution in [3.8, 4) is 28.5 Å². The van der Waals surface area contributed by atoms with Crippen LogP contribution in [0.15, 0.2) is 126 Å². The third-order valence-electron chi connectivity index (χ3n) is 7.13. The zero-order valence-electron chi connectivity index (χ0n) is 20.2. The van der Waals surface area contributed by atoms with Crippen LogP contribution < -0.4 is 0 Å². The highest BCUT2D eigenvalue weighted by atomic mass is 16.3. The van der Waals surface area contributed by atoms with E-state index in [1.807, 2.05) is 42.5 Å². The molecule has 4 aromatic heterocycles. The molecular formula is C33H20N4O. The van der Waals surface area contributed by atoms with E-state index in [0.29, 0.717) is 5.82 Å². The van der Waals surface area contributed by atoms with E-state index in [4.69, 9.17) is 9.40 Å². The minimum absolute atomic E-state index is 0.660. The molecule has 0 radical (unpaired) electrons. The summed E-state index contributed by atoms with van der Waals surface area (Å²) >= 11 is 0. The number of fused-ring (bicyclic) bond motifs is 7. The molecule has 0 amide bonds. The van der Waals surface area contributed by atoms with Gasteiger partial charge in [0.15, 0.2) is 5.82 Å². The Morgan fingerprint density at radius 3 is 2.32 bits per heavy atom. The Hall–Kier alpha value is -5.29. The van der Waals surface area contributed by atoms with Crippen LogP contribution in [-0.2, 0) is 0 Å². The minimum atomic E-state index is 0.660. The number of aromatic nitrogens is 4. The van der Waals surface area contributed by atoms with Crippen LogP contribution in [0, 0.1) is 0 Å². The Morgan fingerprint density at radius 2 is 1.42 bits per heavy atom. The lowest BCUT2D eigenvalue weighted by atomic mass is 10.1. The molecule has 0 saturated heterocycles. The molecule has 178 valence electrons. The second kappa shape index (κ2) is 8.11. The zero-order valence-corrected chi connectivity index (χ0v) is 20.2. The van der Waals surface area contributed by atoms with Gasteiger partial charge in [-0.1, -0.05) is 42.5 Å². The predicted molar refractivity (Wildman–Crippen MR) is 152 cm³/mol. The van der Waals surface area contributed by atoms with Gasteiger partial charge in [0.25, 0.3) is 0 Å². The lowest BCUT2D eigenvalue weighted by Gasteiger charge is -2.08. The molecular weight excluding hydrogens is 468 g/mol. The van der Waals surface area contributed by atoms with Crippen LogP contribution in [0.3, 0.4) is 0 Å². The number of pyridine rings is 1. The molecule has 0 aliphatic carbocycles. The van der Waals surface area contributed by atoms with E-state index in [1.54, 1.807) is 12.4 Å². The first-order valence-electron chi connectivity index (χ1n) is 12.5. The Balaban J connectivity index is 1.44. The Bertz CT molecular complexity index is 2130. The molecule has 0 unspecified atom stereocenters. The number of hydrogen-bond donors (Lipinski definition) is 0. The summed E-state index contributed by atoms with van der Waals surface area (Å²) < 4.78 is 8.79. The van der Waals surface area contributed by atoms with E-state index in [0.717, 1.165) is 66.4 Å². The fourth-order valence-electron chi connectivity index (χ4n) is 5.44. The number of para-hydroxylation sites is 2. The van der Waals surface area contributed by atoms with Crippen molar-refractivity contribution in [2.75, 3.05) is 0 Å². The van der Waals surface area contributed by atoms with Crippen molar-refractivity contribution in [2.45, 2.75) is 0 Å². The molecule has 4 heterocycles. The van der Waals surface area contributed by atoms with Crippen molar-refractivity contribution >= 4 is 43.7 Å². The molecule has 0 bridgehead atoms. The van der Waals surface area contributed by atoms with Crippen LogP contribution in [-0.4, -0.2) is 19.5 Å². The average molecular weight is 489 g/mol. The molecule has 5 heteroatoms. The van der Waals surface area contributed by atoms with Gasteiger partial charge in [-0.25, -0.2) is 9.97 Å². The van der Waals surface area contributed by atoms with E-state index in [2.05, 4.69) is 81.3 Å². The summed E-state index contributed by atoms with van der Waals surface area (Å²) in [6, 6.07) is 37.2. The maximum absolute atomic E-state index is 6.49. The number of furan rings is 1. The van der Waals surface area contributed by atoms with Crippen LogP contribution in [0.1, 0.15) is 0 Å². The first kappa shape index (κ1) is 20.9. The van der Waals surface area contributed by atoms with E-state index in [9.17, 15) is 0 Å². The molecule has 5 nitrogen and oxygen atoms in total. The molecule has 38 heavy (non-hydrogen) atoms. The number of benzene rings is 4. The molecule has 4 aromatic carbocycles. The smallest absolute Gasteiger partial charge is 0.159 e. The maximum atomic E-state index is 6.49. The molecule has 8 rings (SSSR count). The van der Waals surface area contributed by atoms with E-state index in [1.165, 1.54) is 0 Å². The average Bonchev–Trinajstić information content (AvgIpc) is 3.53. The normalized spacial score (nSPS) is 11.7. The molecule has 0 spiro atoms. The standard InChI is InChI=1S/C33H20N4O/c1-2-8-22(9-3-1)37-28-15-13-21(33-35-19-17-27(36-33)26-11-6-7-18-34-26)20-25(28)31-29(37)16-14-24-23-10-4-5-12-30(23)38-32(24)31/h1-20H. The Morgan fingerprint density at radius 1 is 0.579 bits per heavy atom. The monoisotopic (exact) mass is 488 g/mol. The largest absolute Gasteiger partial charge is 0.455 e. The predicted octanol–water partition coefficient (Wildman–Crippen LogP) is 8.20. The fraction of sp³-hybridized carbons (Fsp3) is 0. The first-order valence-corrected chi connectivity index (χ1v) is 12.5. The van der Waals surface area contributed by atoms with Gasteiger partial charge in [-0.3, -0.25) is 4.98 Å². The summed E-state index contributed by atoms with van der Waals surface area (Å²) in [7, 11) is 0. The van der Waals surface area contributed by atoms with Gasteiger partial charge in [0.05, 0.1) is 27.8 Å². The molecule has 0 atom stereocenters. The highest BCUT2D eigenvalue weighted by Gasteiger charge is 2.19. The van der Waals surface area contributed by atoms with Crippen molar-refractivity contribution < 1.29 is 4.42 Å². The second-order valence-electron chi connectivity index (χ2n) is 9.32. The lowest BCUT2D eigenvalue weighted by Crippen LogP contribution is -1.94. The molecule has 0 fully saturated rings. The van der Waals surface area contributed by atoms with E-state index >= 15 is 0 Å². The third-order valence-corrected chi connectivity index (χ3v) is 7.13. The summed E-state index contributed by atoms with van der Waals surface area (Å²) in [5, 5.41) is 4.41. The Kier molecular flexibility index (Phi) is 4.45. The second-order valence-corrected chi connectivity index (χ2v) is 9.32. The van der Waals surface area contributed by atoms with Crippen molar-refractivity contribution in [3.05, 3.63) is 122 Å². The Labute approximate surface area is 217 Å². The quantitative estimate of drug-likeness (QED) is 0.251. The summed E-state index contributed by atoms with van der Waals surface area (Å²) in [4.78, 5) is 13.9. The lowest BCUT2D eigenvalue weighted by molar-refractivity contribution is 0.673. The number of hydrogen-bond acceptors (Lipinski definition) is 4. The summed E-state index contributed by atoms with van der Waals surface area (Å²) in [6.45, 7) is 0. The SMILES string of the molecule is c1ccc(-n2c3ccc(-c4nccc(-c5ccccn5)n4)cc3c3c4oc5ccccc5c4ccc32)cc1. The first-order chi connectivity index (χ1) is 18.8. The van der Waals surface area contributed by atoms with Crippen LogP contribution in [0.4, 0.5) is 0 Å². The third kappa shape index (κ3) is 3.09. The molecule has 0 saturated carbocycles. The summed E-state index contributed by atoms with van der Waals surface area (Å²) in [6.07, 6.45) is 3.57. The van der Waals surface area contributed by atoms with Gasteiger partial charge in [-0.05, 0) is 66.7 Å². The van der Waals surface area contributed by atoms with E-state index < -0.39 is 0 Å². The van der Waals surface area contributed by atoms with E-state index in [-0.39, 0.29) is 0 Å². The van der Waals surface area contributed by atoms with Gasteiger partial charge in [-0.2, -0.15) is 0 Å². The van der Waals surface area contributed by atoms with Crippen molar-refractivity contribution in [3.63, 3.8) is 0 Å². The molecule has 0 aliphatic rings. The van der Waals surface area contributed by atoms with Gasteiger partial charge in [0.1, 0.15) is 11.2 Å². The van der Waals surface area contributed by atoms with Gasteiger partial charge in [-0.15, -0.1) is 0 Å². The van der Waals surface area contributed by atoms with Gasteiger partial charge in [0.2, 0.25) is 0 Å². The molecule has 0 N–H and O–H groups in total. The van der Waals surface area contributed by atoms with Gasteiger partial charge in [0, 0.05) is 39.8 Å². The highest BCUT2D eigenvalue weighted by molar-refractivity contribution is 6.24. The molecule has 8 aromatic rings. The topological polar surface area (TPSA) is 56.7 Å². The van der Waals surface area contributed by atoms with Gasteiger partial charge >= 0.3 is 0 Å². The van der Waals surface area contributed by atoms with Crippen LogP contribution in [0.5, 0.6) is 0 Å². The van der Waals surface area contributed by atoms with Crippen molar-refractivity contribution in [1.82, 2.24) is 19.5 Å². The number of rotatable bonds is 3. The summed E-state index contributed by atoms with van der Waals surface area (Å²) in [5.74, 6) is 0.660. The van der Waals surface area contributed by atoms with Gasteiger partial charge < -0.3 is 8.98 Å². The minimum Gasteiger partial charge on any atom is -0.455 e. The maximum Gasteiger partial charge on any atom is 0.159 e. The molecule has 0 aliphatic heterocycles. The van der Waals surface area contributed by atoms with Crippen LogP contribution in [0.2, 0.25) is 0 Å². The van der Waals surface area contributed by atoms with Crippen molar-refractivity contribution in [2.24, 2.45) is 0 Å². The van der Waals surface area contributed by atoms with Crippen LogP contribution >= 0.6 is 0 Å². The fourth-order valence-corrected chi connectivity index (χ4v) is 5.44. The van der Waals surface area contributed by atoms with Crippen LogP contribution in [0.25, 0.3) is 72.2 Å².